The summed E-state index contributed by atoms with van der Waals surface area (Å²) in [6, 6.07) is 8.65. The molecule has 4 nitrogen and oxygen atoms in total. The minimum atomic E-state index is -0.632. The molecule has 1 aliphatic carbocycles. The number of amides is 1. The number of nitrogens with zero attached hydrogens (tertiary/aromatic N) is 1. The minimum absolute atomic E-state index is 0.00800. The van der Waals surface area contributed by atoms with E-state index in [1.54, 1.807) is 0 Å². The summed E-state index contributed by atoms with van der Waals surface area (Å²) in [6.45, 7) is 4.05. The second-order valence-corrected chi connectivity index (χ2v) is 7.55. The van der Waals surface area contributed by atoms with Crippen molar-refractivity contribution in [1.29, 1.82) is 0 Å². The maximum atomic E-state index is 12.3. The number of hydrogen-bond acceptors (Lipinski definition) is 3. The van der Waals surface area contributed by atoms with Gasteiger partial charge < -0.3 is 11.1 Å². The molecule has 1 aliphatic heterocycles. The monoisotopic (exact) mass is 329 g/mol. The summed E-state index contributed by atoms with van der Waals surface area (Å²) < 4.78 is 0. The van der Waals surface area contributed by atoms with Crippen molar-refractivity contribution < 1.29 is 4.79 Å². The second kappa shape index (κ2) is 8.13. The minimum Gasteiger partial charge on any atom is -0.350 e. The Morgan fingerprint density at radius 3 is 2.17 bits per heavy atom. The van der Waals surface area contributed by atoms with Gasteiger partial charge in [-0.2, -0.15) is 0 Å². The molecule has 3 N–H and O–H groups in total. The Morgan fingerprint density at radius 2 is 1.54 bits per heavy atom. The highest BCUT2D eigenvalue weighted by molar-refractivity contribution is 5.86. The molecule has 1 saturated heterocycles. The van der Waals surface area contributed by atoms with Crippen molar-refractivity contribution in [3.05, 3.63) is 35.4 Å². The molecule has 1 aromatic rings. The van der Waals surface area contributed by atoms with E-state index < -0.39 is 5.54 Å². The molecule has 0 bridgehead atoms. The van der Waals surface area contributed by atoms with Gasteiger partial charge in [0.2, 0.25) is 5.91 Å². The van der Waals surface area contributed by atoms with E-state index in [9.17, 15) is 4.79 Å². The molecule has 132 valence electrons. The zero-order valence-corrected chi connectivity index (χ0v) is 14.7. The largest absolute Gasteiger partial charge is 0.350 e. The average Bonchev–Trinajstić information content (AvgIpc) is 2.89. The predicted octanol–water partition coefficient (Wildman–Crippen LogP) is 2.95. The molecule has 2 fully saturated rings. The van der Waals surface area contributed by atoms with E-state index in [4.69, 9.17) is 5.73 Å². The first-order valence-electron chi connectivity index (χ1n) is 9.53. The Balaban J connectivity index is 1.48. The van der Waals surface area contributed by atoms with Crippen molar-refractivity contribution in [2.24, 2.45) is 5.73 Å². The van der Waals surface area contributed by atoms with Crippen molar-refractivity contribution in [1.82, 2.24) is 10.2 Å². The Bertz CT molecular complexity index is 526. The summed E-state index contributed by atoms with van der Waals surface area (Å²) in [5.41, 5.74) is 8.06. The normalized spacial score (nSPS) is 21.4. The molecule has 1 heterocycles. The smallest absolute Gasteiger partial charge is 0.240 e. The summed E-state index contributed by atoms with van der Waals surface area (Å²) in [7, 11) is 0. The Morgan fingerprint density at radius 1 is 0.958 bits per heavy atom. The molecule has 2 aliphatic rings. The number of carbonyl (C=O) groups is 1. The molecule has 0 atom stereocenters. The van der Waals surface area contributed by atoms with Gasteiger partial charge in [0, 0.05) is 13.1 Å². The molecule has 1 saturated carbocycles. The van der Waals surface area contributed by atoms with Crippen molar-refractivity contribution >= 4 is 5.91 Å². The van der Waals surface area contributed by atoms with Gasteiger partial charge in [-0.15, -0.1) is 0 Å². The standard InChI is InChI=1S/C20H31N3O/c21-20(11-3-4-12-20)19(24)22-15-17-7-9-18(10-8-17)16-23-13-5-1-2-6-14-23/h7-10H,1-6,11-16,21H2,(H,22,24). The molecular weight excluding hydrogens is 298 g/mol. The lowest BCUT2D eigenvalue weighted by atomic mass is 9.98. The second-order valence-electron chi connectivity index (χ2n) is 7.55. The van der Waals surface area contributed by atoms with Crippen molar-refractivity contribution in [3.8, 4) is 0 Å². The van der Waals surface area contributed by atoms with Crippen LogP contribution in [0.15, 0.2) is 24.3 Å². The van der Waals surface area contributed by atoms with Crippen molar-refractivity contribution in [3.63, 3.8) is 0 Å². The molecule has 3 rings (SSSR count). The van der Waals surface area contributed by atoms with Crippen LogP contribution in [0, 0.1) is 0 Å². The molecule has 0 spiro atoms. The van der Waals surface area contributed by atoms with Gasteiger partial charge in [-0.1, -0.05) is 49.9 Å². The average molecular weight is 329 g/mol. The van der Waals surface area contributed by atoms with E-state index >= 15 is 0 Å². The highest BCUT2D eigenvalue weighted by Gasteiger charge is 2.36. The molecule has 24 heavy (non-hydrogen) atoms. The van der Waals surface area contributed by atoms with Crippen LogP contribution in [0.5, 0.6) is 0 Å². The molecule has 0 unspecified atom stereocenters. The van der Waals surface area contributed by atoms with Crippen LogP contribution in [0.2, 0.25) is 0 Å². The SMILES string of the molecule is NC1(C(=O)NCc2ccc(CN3CCCCCC3)cc2)CCCC1. The molecule has 4 heteroatoms. The highest BCUT2D eigenvalue weighted by atomic mass is 16.2. The number of carbonyl (C=O) groups excluding carboxylic acids is 1. The summed E-state index contributed by atoms with van der Waals surface area (Å²) in [5, 5.41) is 3.02. The quantitative estimate of drug-likeness (QED) is 0.873. The number of hydrogen-bond donors (Lipinski definition) is 2. The Hall–Kier alpha value is -1.39. The van der Waals surface area contributed by atoms with Crippen LogP contribution in [0.3, 0.4) is 0 Å². The van der Waals surface area contributed by atoms with E-state index in [2.05, 4.69) is 34.5 Å². The fraction of sp³-hybridized carbons (Fsp3) is 0.650. The number of nitrogens with two attached hydrogens (primary N) is 1. The van der Waals surface area contributed by atoms with Crippen LogP contribution >= 0.6 is 0 Å². The fourth-order valence-electron chi connectivity index (χ4n) is 3.91. The van der Waals surface area contributed by atoms with Crippen LogP contribution in [0.4, 0.5) is 0 Å². The van der Waals surface area contributed by atoms with E-state index in [0.29, 0.717) is 6.54 Å². The van der Waals surface area contributed by atoms with E-state index in [1.807, 2.05) is 0 Å². The van der Waals surface area contributed by atoms with Gasteiger partial charge in [0.25, 0.3) is 0 Å². The summed E-state index contributed by atoms with van der Waals surface area (Å²) in [4.78, 5) is 14.8. The fourth-order valence-corrected chi connectivity index (χ4v) is 3.91. The van der Waals surface area contributed by atoms with Crippen LogP contribution < -0.4 is 11.1 Å². The first-order chi connectivity index (χ1) is 11.7. The van der Waals surface area contributed by atoms with E-state index in [0.717, 1.165) is 37.8 Å². The lowest BCUT2D eigenvalue weighted by Crippen LogP contribution is -2.51. The van der Waals surface area contributed by atoms with Gasteiger partial charge in [-0.25, -0.2) is 0 Å². The summed E-state index contributed by atoms with van der Waals surface area (Å²) >= 11 is 0. The van der Waals surface area contributed by atoms with Crippen LogP contribution in [0.1, 0.15) is 62.5 Å². The molecule has 1 amide bonds. The van der Waals surface area contributed by atoms with Gasteiger partial charge in [-0.05, 0) is 49.9 Å². The van der Waals surface area contributed by atoms with Crippen LogP contribution in [-0.2, 0) is 17.9 Å². The highest BCUT2D eigenvalue weighted by Crippen LogP contribution is 2.27. The first-order valence-corrected chi connectivity index (χ1v) is 9.53. The third-order valence-corrected chi connectivity index (χ3v) is 5.53. The molecule has 0 aromatic heterocycles. The first kappa shape index (κ1) is 17.4. The number of benzene rings is 1. The Labute approximate surface area is 145 Å². The van der Waals surface area contributed by atoms with Gasteiger partial charge >= 0.3 is 0 Å². The third kappa shape index (κ3) is 4.58. The lowest BCUT2D eigenvalue weighted by Gasteiger charge is -2.22. The maximum absolute atomic E-state index is 12.3. The molecule has 1 aromatic carbocycles. The number of likely N-dealkylation sites (tertiary alicyclic amines) is 1. The predicted molar refractivity (Wildman–Crippen MR) is 97.4 cm³/mol. The topological polar surface area (TPSA) is 58.4 Å². The van der Waals surface area contributed by atoms with Crippen LogP contribution in [-0.4, -0.2) is 29.4 Å². The number of nitrogens with one attached hydrogen (secondary N) is 1. The van der Waals surface area contributed by atoms with Gasteiger partial charge in [-0.3, -0.25) is 9.69 Å². The lowest BCUT2D eigenvalue weighted by molar-refractivity contribution is -0.126. The van der Waals surface area contributed by atoms with Crippen molar-refractivity contribution in [2.75, 3.05) is 13.1 Å². The molecule has 0 radical (unpaired) electrons. The Kier molecular flexibility index (Phi) is 5.90. The molecular formula is C20H31N3O. The van der Waals surface area contributed by atoms with Crippen LogP contribution in [0.25, 0.3) is 0 Å². The number of rotatable bonds is 5. The zero-order valence-electron chi connectivity index (χ0n) is 14.7. The summed E-state index contributed by atoms with van der Waals surface area (Å²) in [6.07, 6.45) is 9.15. The summed E-state index contributed by atoms with van der Waals surface area (Å²) in [5.74, 6) is 0.00800. The maximum Gasteiger partial charge on any atom is 0.240 e. The van der Waals surface area contributed by atoms with Gasteiger partial charge in [0.05, 0.1) is 5.54 Å². The van der Waals surface area contributed by atoms with Gasteiger partial charge in [0.1, 0.15) is 0 Å². The van der Waals surface area contributed by atoms with E-state index in [-0.39, 0.29) is 5.91 Å². The van der Waals surface area contributed by atoms with Gasteiger partial charge in [0.15, 0.2) is 0 Å². The third-order valence-electron chi connectivity index (χ3n) is 5.53. The zero-order chi connectivity index (χ0) is 16.8. The van der Waals surface area contributed by atoms with Crippen molar-refractivity contribution in [2.45, 2.75) is 70.0 Å². The van der Waals surface area contributed by atoms with E-state index in [1.165, 1.54) is 44.3 Å².